The van der Waals surface area contributed by atoms with E-state index in [2.05, 4.69) is 25.9 Å². The molecule has 0 bridgehead atoms. The van der Waals surface area contributed by atoms with E-state index in [1.54, 1.807) is 24.3 Å². The first-order chi connectivity index (χ1) is 15.4. The van der Waals surface area contributed by atoms with E-state index < -0.39 is 29.0 Å². The standard InChI is InChI=1S/C22H23BrFNO7/c1-28-16-8-4-14(5-9-16)21(26)31-13-18(23)20(19(24)12-25-30-3)32-22(27)15-6-10-17(29-2)11-7-15/h4-12,18-20H,13H2,1-3H3/b25-12-/t18-,19+,20+/m0/s1. The monoisotopic (exact) mass is 511 g/mol. The zero-order valence-electron chi connectivity index (χ0n) is 17.7. The van der Waals surface area contributed by atoms with Gasteiger partial charge in [0.25, 0.3) is 0 Å². The van der Waals surface area contributed by atoms with Crippen molar-refractivity contribution in [3.05, 3.63) is 59.7 Å². The quantitative estimate of drug-likeness (QED) is 0.196. The van der Waals surface area contributed by atoms with Crippen LogP contribution in [0.25, 0.3) is 0 Å². The van der Waals surface area contributed by atoms with E-state index in [4.69, 9.17) is 18.9 Å². The normalized spacial score (nSPS) is 13.7. The van der Waals surface area contributed by atoms with Crippen molar-refractivity contribution < 1.29 is 37.8 Å². The molecule has 2 aromatic rings. The minimum atomic E-state index is -1.83. The fourth-order valence-electron chi connectivity index (χ4n) is 2.52. The Morgan fingerprint density at radius 2 is 1.44 bits per heavy atom. The lowest BCUT2D eigenvalue weighted by Crippen LogP contribution is -2.39. The number of oxime groups is 1. The fraction of sp³-hybridized carbons (Fsp3) is 0.318. The molecule has 0 fully saturated rings. The molecule has 0 radical (unpaired) electrons. The van der Waals surface area contributed by atoms with Crippen LogP contribution in [0.2, 0.25) is 0 Å². The van der Waals surface area contributed by atoms with E-state index in [9.17, 15) is 14.0 Å². The number of hydrogen-bond donors (Lipinski definition) is 0. The number of carbonyl (C=O) groups excluding carboxylic acids is 2. The summed E-state index contributed by atoms with van der Waals surface area (Å²) in [6.07, 6.45) is -2.33. The molecule has 8 nitrogen and oxygen atoms in total. The van der Waals surface area contributed by atoms with E-state index in [1.165, 1.54) is 45.6 Å². The molecule has 2 rings (SSSR count). The lowest BCUT2D eigenvalue weighted by Gasteiger charge is -2.24. The highest BCUT2D eigenvalue weighted by molar-refractivity contribution is 9.09. The summed E-state index contributed by atoms with van der Waals surface area (Å²) in [6.45, 7) is -0.271. The molecule has 0 aliphatic carbocycles. The van der Waals surface area contributed by atoms with E-state index in [-0.39, 0.29) is 17.7 Å². The Morgan fingerprint density at radius 3 is 1.91 bits per heavy atom. The number of ether oxygens (including phenoxy) is 4. The summed E-state index contributed by atoms with van der Waals surface area (Å²) < 4.78 is 35.4. The van der Waals surface area contributed by atoms with Gasteiger partial charge in [-0.25, -0.2) is 14.0 Å². The molecule has 0 saturated heterocycles. The van der Waals surface area contributed by atoms with Gasteiger partial charge in [0.05, 0.1) is 36.4 Å². The maximum atomic E-state index is 14.7. The Morgan fingerprint density at radius 1 is 0.938 bits per heavy atom. The number of alkyl halides is 2. The summed E-state index contributed by atoms with van der Waals surface area (Å²) in [6, 6.07) is 12.4. The van der Waals surface area contributed by atoms with Crippen molar-refractivity contribution in [3.8, 4) is 11.5 Å². The van der Waals surface area contributed by atoms with Gasteiger partial charge in [0, 0.05) is 0 Å². The molecule has 0 amide bonds. The van der Waals surface area contributed by atoms with Crippen LogP contribution in [0.1, 0.15) is 20.7 Å². The van der Waals surface area contributed by atoms with Crippen molar-refractivity contribution in [1.82, 2.24) is 0 Å². The summed E-state index contributed by atoms with van der Waals surface area (Å²) in [4.78, 5) is 28.4. The van der Waals surface area contributed by atoms with Crippen LogP contribution in [0.4, 0.5) is 4.39 Å². The van der Waals surface area contributed by atoms with Crippen molar-refractivity contribution in [3.63, 3.8) is 0 Å². The van der Waals surface area contributed by atoms with E-state index in [1.807, 2.05) is 0 Å². The zero-order valence-corrected chi connectivity index (χ0v) is 19.3. The number of hydrogen-bond acceptors (Lipinski definition) is 8. The Labute approximate surface area is 193 Å². The van der Waals surface area contributed by atoms with E-state index in [0.29, 0.717) is 11.5 Å². The highest BCUT2D eigenvalue weighted by Gasteiger charge is 2.33. The smallest absolute Gasteiger partial charge is 0.338 e. The third kappa shape index (κ3) is 7.23. The number of carbonyl (C=O) groups is 2. The predicted molar refractivity (Wildman–Crippen MR) is 119 cm³/mol. The maximum absolute atomic E-state index is 14.7. The fourth-order valence-corrected chi connectivity index (χ4v) is 3.05. The molecule has 0 heterocycles. The number of methoxy groups -OCH3 is 2. The van der Waals surface area contributed by atoms with Crippen molar-refractivity contribution in [2.75, 3.05) is 27.9 Å². The Kier molecular flexibility index (Phi) is 9.93. The van der Waals surface area contributed by atoms with Crippen LogP contribution in [0.5, 0.6) is 11.5 Å². The van der Waals surface area contributed by atoms with Gasteiger partial charge in [-0.1, -0.05) is 21.1 Å². The first-order valence-electron chi connectivity index (χ1n) is 9.40. The molecular weight excluding hydrogens is 489 g/mol. The maximum Gasteiger partial charge on any atom is 0.338 e. The van der Waals surface area contributed by atoms with Gasteiger partial charge >= 0.3 is 11.9 Å². The number of nitrogens with zero attached hydrogens (tertiary/aromatic N) is 1. The SMILES string of the molecule is CO/N=C\[C@@H](F)[C@H](OC(=O)c1ccc(OC)cc1)[C@@H](Br)COC(=O)c1ccc(OC)cc1. The molecule has 172 valence electrons. The molecule has 3 atom stereocenters. The summed E-state index contributed by atoms with van der Waals surface area (Å²) in [5, 5.41) is 3.39. The highest BCUT2D eigenvalue weighted by Crippen LogP contribution is 2.20. The van der Waals surface area contributed by atoms with Gasteiger partial charge in [-0.05, 0) is 48.5 Å². The van der Waals surface area contributed by atoms with Crippen molar-refractivity contribution >= 4 is 34.1 Å². The van der Waals surface area contributed by atoms with Gasteiger partial charge in [-0.3, -0.25) is 0 Å². The van der Waals surface area contributed by atoms with E-state index >= 15 is 0 Å². The number of rotatable bonds is 11. The van der Waals surface area contributed by atoms with Crippen LogP contribution < -0.4 is 9.47 Å². The van der Waals surface area contributed by atoms with Crippen LogP contribution in [0, 0.1) is 0 Å². The Hall–Kier alpha value is -3.14. The van der Waals surface area contributed by atoms with Crippen molar-refractivity contribution in [2.45, 2.75) is 17.1 Å². The highest BCUT2D eigenvalue weighted by atomic mass is 79.9. The van der Waals surface area contributed by atoms with Gasteiger partial charge in [-0.2, -0.15) is 0 Å². The van der Waals surface area contributed by atoms with Crippen LogP contribution in [0.3, 0.4) is 0 Å². The second kappa shape index (κ2) is 12.7. The average Bonchev–Trinajstić information content (AvgIpc) is 2.83. The topological polar surface area (TPSA) is 92.7 Å². The molecule has 0 aliphatic heterocycles. The zero-order chi connectivity index (χ0) is 23.5. The van der Waals surface area contributed by atoms with Gasteiger partial charge in [0.15, 0.2) is 12.3 Å². The summed E-state index contributed by atoms with van der Waals surface area (Å²) >= 11 is 3.25. The first-order valence-corrected chi connectivity index (χ1v) is 10.3. The molecule has 0 saturated carbocycles. The Bertz CT molecular complexity index is 906. The van der Waals surface area contributed by atoms with E-state index in [0.717, 1.165) is 6.21 Å². The molecule has 0 spiro atoms. The minimum Gasteiger partial charge on any atom is -0.497 e. The molecule has 32 heavy (non-hydrogen) atoms. The molecule has 2 aromatic carbocycles. The second-order valence-electron chi connectivity index (χ2n) is 6.32. The number of esters is 2. The van der Waals surface area contributed by atoms with Crippen molar-refractivity contribution in [2.24, 2.45) is 5.16 Å². The van der Waals surface area contributed by atoms with Crippen LogP contribution in [-0.2, 0) is 14.3 Å². The molecule has 0 unspecified atom stereocenters. The first kappa shape index (κ1) is 25.1. The number of halogens is 2. The summed E-state index contributed by atoms with van der Waals surface area (Å²) in [5.74, 6) is -0.254. The molecule has 0 aromatic heterocycles. The van der Waals surface area contributed by atoms with Crippen LogP contribution >= 0.6 is 15.9 Å². The summed E-state index contributed by atoms with van der Waals surface area (Å²) in [5.41, 5.74) is 0.483. The Balaban J connectivity index is 2.07. The number of benzene rings is 2. The lowest BCUT2D eigenvalue weighted by atomic mass is 10.1. The second-order valence-corrected chi connectivity index (χ2v) is 7.50. The van der Waals surface area contributed by atoms with Crippen molar-refractivity contribution in [1.29, 1.82) is 0 Å². The predicted octanol–water partition coefficient (Wildman–Crippen LogP) is 3.82. The van der Waals surface area contributed by atoms with Crippen LogP contribution in [0.15, 0.2) is 53.7 Å². The van der Waals surface area contributed by atoms with Gasteiger partial charge in [0.1, 0.15) is 25.2 Å². The molecule has 0 N–H and O–H groups in total. The molecule has 10 heteroatoms. The lowest BCUT2D eigenvalue weighted by molar-refractivity contribution is 0.00846. The molecular formula is C22H23BrFNO7. The third-order valence-electron chi connectivity index (χ3n) is 4.25. The van der Waals surface area contributed by atoms with Gasteiger partial charge in [-0.15, -0.1) is 0 Å². The van der Waals surface area contributed by atoms with Gasteiger partial charge in [0.2, 0.25) is 0 Å². The molecule has 0 aliphatic rings. The van der Waals surface area contributed by atoms with Gasteiger partial charge < -0.3 is 23.8 Å². The summed E-state index contributed by atoms with van der Waals surface area (Å²) in [7, 11) is 4.26. The third-order valence-corrected chi connectivity index (χ3v) is 5.03. The minimum absolute atomic E-state index is 0.196. The van der Waals surface area contributed by atoms with Crippen LogP contribution in [-0.4, -0.2) is 63.2 Å². The average molecular weight is 512 g/mol. The largest absolute Gasteiger partial charge is 0.497 e.